The molecule has 9 aliphatic carbocycles. The number of carbonyl (C=O) groups excluding carboxylic acids is 1. The highest BCUT2D eigenvalue weighted by Gasteiger charge is 2.88. The lowest BCUT2D eigenvalue weighted by atomic mass is 9.73. The molecule has 16 atom stereocenters. The molecule has 0 heterocycles. The van der Waals surface area contributed by atoms with E-state index in [9.17, 15) is 4.79 Å². The number of Topliss-reactive ketones (excluding diaryl/α,β-unsaturated/α-hetero) is 1. The van der Waals surface area contributed by atoms with Gasteiger partial charge in [0.25, 0.3) is 0 Å². The maximum absolute atomic E-state index is 13.3. The van der Waals surface area contributed by atoms with E-state index < -0.39 is 0 Å². The van der Waals surface area contributed by atoms with Crippen LogP contribution in [0.25, 0.3) is 0 Å². The van der Waals surface area contributed by atoms with E-state index in [0.717, 1.165) is 82.7 Å². The van der Waals surface area contributed by atoms with Gasteiger partial charge in [-0.3, -0.25) is 4.79 Å². The highest BCUT2D eigenvalue weighted by atomic mass is 16.1. The first kappa shape index (κ1) is 9.73. The Kier molecular flexibility index (Phi) is 1.10. The van der Waals surface area contributed by atoms with Gasteiger partial charge < -0.3 is 0 Å². The highest BCUT2D eigenvalue weighted by molar-refractivity contribution is 5.88. The van der Waals surface area contributed by atoms with Gasteiger partial charge in [-0.2, -0.15) is 0 Å². The van der Waals surface area contributed by atoms with Crippen molar-refractivity contribution in [2.45, 2.75) is 19.3 Å². The Morgan fingerprint density at radius 3 is 2.05 bits per heavy atom. The molecule has 9 saturated carbocycles. The molecule has 0 saturated heterocycles. The fraction of sp³-hybridized carbons (Fsp3) is 0.950. The van der Waals surface area contributed by atoms with Crippen LogP contribution in [0.5, 0.6) is 0 Å². The van der Waals surface area contributed by atoms with Gasteiger partial charge in [0.15, 0.2) is 0 Å². The van der Waals surface area contributed by atoms with E-state index in [1.807, 2.05) is 0 Å². The van der Waals surface area contributed by atoms with Crippen LogP contribution in [-0.4, -0.2) is 5.78 Å². The van der Waals surface area contributed by atoms with Crippen LogP contribution in [0.2, 0.25) is 0 Å². The second-order valence-corrected chi connectivity index (χ2v) is 10.7. The van der Waals surface area contributed by atoms with Gasteiger partial charge >= 0.3 is 0 Å². The first-order valence-corrected chi connectivity index (χ1v) is 9.91. The number of rotatable bonds is 0. The zero-order valence-electron chi connectivity index (χ0n) is 12.3. The molecule has 0 bridgehead atoms. The summed E-state index contributed by atoms with van der Waals surface area (Å²) in [7, 11) is 0. The van der Waals surface area contributed by atoms with Gasteiger partial charge in [0.05, 0.1) is 0 Å². The van der Waals surface area contributed by atoms with Crippen LogP contribution in [-0.2, 0) is 4.79 Å². The zero-order chi connectivity index (χ0) is 12.9. The maximum Gasteiger partial charge on any atom is 0.139 e. The van der Waals surface area contributed by atoms with Gasteiger partial charge in [0.1, 0.15) is 5.78 Å². The summed E-state index contributed by atoms with van der Waals surface area (Å²) in [6, 6.07) is 0. The average molecular weight is 278 g/mol. The van der Waals surface area contributed by atoms with Crippen LogP contribution in [0.4, 0.5) is 0 Å². The van der Waals surface area contributed by atoms with Gasteiger partial charge in [-0.05, 0) is 102 Å². The maximum atomic E-state index is 13.3. The minimum Gasteiger partial charge on any atom is -0.299 e. The lowest BCUT2D eigenvalue weighted by molar-refractivity contribution is -0.126. The van der Waals surface area contributed by atoms with Crippen LogP contribution in [0.15, 0.2) is 0 Å². The third-order valence-corrected chi connectivity index (χ3v) is 11.6. The summed E-state index contributed by atoms with van der Waals surface area (Å²) >= 11 is 0. The molecule has 9 rings (SSSR count). The molecule has 0 aromatic rings. The van der Waals surface area contributed by atoms with Crippen molar-refractivity contribution in [3.8, 4) is 0 Å². The molecule has 0 radical (unpaired) electrons. The minimum atomic E-state index is 0.569. The van der Waals surface area contributed by atoms with Gasteiger partial charge in [-0.1, -0.05) is 0 Å². The highest BCUT2D eigenvalue weighted by Crippen LogP contribution is 2.91. The summed E-state index contributed by atoms with van der Waals surface area (Å²) in [4.78, 5) is 13.3. The van der Waals surface area contributed by atoms with Gasteiger partial charge in [-0.15, -0.1) is 0 Å². The minimum absolute atomic E-state index is 0.569. The van der Waals surface area contributed by atoms with Gasteiger partial charge in [0.2, 0.25) is 0 Å². The van der Waals surface area contributed by atoms with Crippen molar-refractivity contribution in [3.63, 3.8) is 0 Å². The summed E-state index contributed by atoms with van der Waals surface area (Å²) < 4.78 is 0. The third kappa shape index (κ3) is 0.606. The molecule has 9 aliphatic rings. The van der Waals surface area contributed by atoms with Crippen LogP contribution in [0.1, 0.15) is 19.3 Å². The Morgan fingerprint density at radius 1 is 0.571 bits per heavy atom. The molecule has 0 aliphatic heterocycles. The van der Waals surface area contributed by atoms with Crippen molar-refractivity contribution in [2.75, 3.05) is 0 Å². The molecule has 0 unspecified atom stereocenters. The van der Waals surface area contributed by atoms with Crippen molar-refractivity contribution >= 4 is 5.78 Å². The fourth-order valence-corrected chi connectivity index (χ4v) is 12.7. The molecule has 0 amide bonds. The quantitative estimate of drug-likeness (QED) is 0.666. The Bertz CT molecular complexity index is 658. The van der Waals surface area contributed by atoms with E-state index in [1.165, 1.54) is 18.8 Å². The largest absolute Gasteiger partial charge is 0.299 e. The molecular weight excluding hydrogens is 256 g/mol. The van der Waals surface area contributed by atoms with Crippen LogP contribution < -0.4 is 0 Å². The third-order valence-electron chi connectivity index (χ3n) is 11.6. The van der Waals surface area contributed by atoms with Crippen LogP contribution in [0, 0.1) is 94.7 Å². The molecule has 0 aromatic heterocycles. The number of hydrogen-bond donors (Lipinski definition) is 0. The molecule has 9 fully saturated rings. The van der Waals surface area contributed by atoms with Gasteiger partial charge in [0, 0.05) is 11.8 Å². The molecule has 0 aromatic carbocycles. The Labute approximate surface area is 125 Å². The number of ketones is 1. The van der Waals surface area contributed by atoms with Gasteiger partial charge in [-0.25, -0.2) is 0 Å². The summed E-state index contributed by atoms with van der Waals surface area (Å²) in [5.41, 5.74) is 0. The molecule has 1 nitrogen and oxygen atoms in total. The van der Waals surface area contributed by atoms with Crippen molar-refractivity contribution in [2.24, 2.45) is 94.7 Å². The van der Waals surface area contributed by atoms with Crippen molar-refractivity contribution in [1.82, 2.24) is 0 Å². The van der Waals surface area contributed by atoms with Crippen LogP contribution >= 0.6 is 0 Å². The fourth-order valence-electron chi connectivity index (χ4n) is 12.7. The summed E-state index contributed by atoms with van der Waals surface area (Å²) in [6.45, 7) is 0. The second kappa shape index (κ2) is 2.38. The predicted octanol–water partition coefficient (Wildman–Crippen LogP) is 2.71. The topological polar surface area (TPSA) is 17.1 Å². The smallest absolute Gasteiger partial charge is 0.139 e. The van der Waals surface area contributed by atoms with Crippen molar-refractivity contribution < 1.29 is 4.79 Å². The SMILES string of the molecule is O=C1[C@@H]2[C@@H]3[C@@H]4[C@@H]5[C@@H]6[C@@H](C[C@@H]1[C@H]63)[C@H]1[C@@H]3CC[C@H]6[C@@H]3[C@H]([C@H]15)[C@@H]4[C@@H]62. The van der Waals surface area contributed by atoms with Crippen molar-refractivity contribution in [1.29, 1.82) is 0 Å². The first-order valence-electron chi connectivity index (χ1n) is 9.91. The molecule has 0 N–H and O–H groups in total. The number of carbonyl (C=O) groups is 1. The number of hydrogen-bond acceptors (Lipinski definition) is 1. The van der Waals surface area contributed by atoms with E-state index in [1.54, 1.807) is 6.42 Å². The lowest BCUT2D eigenvalue weighted by Crippen LogP contribution is -2.31. The molecule has 21 heavy (non-hydrogen) atoms. The Hall–Kier alpha value is -0.330. The standard InChI is InChI=1S/C20H22O/c21-20-7-3-6-9-4-1-2-5-8(4)13-14(9)16-11(6)12(7)17-18(16)15(13)10(5)19(17)20/h4-19H,1-3H2/t4-,5+,6+,7-,8-,9-,10-,11-,12-,13-,14+,15+,16-,17+,18+,19+/m1/s1. The monoisotopic (exact) mass is 278 g/mol. The predicted molar refractivity (Wildman–Crippen MR) is 74.7 cm³/mol. The first-order chi connectivity index (χ1) is 10.4. The molecular formula is C20H22O. The Morgan fingerprint density at radius 2 is 1.19 bits per heavy atom. The van der Waals surface area contributed by atoms with Crippen LogP contribution in [0.3, 0.4) is 0 Å². The summed E-state index contributed by atoms with van der Waals surface area (Å²) in [5, 5.41) is 0. The molecule has 0 spiro atoms. The number of fused-ring (bicyclic) bond motifs is 4. The van der Waals surface area contributed by atoms with E-state index >= 15 is 0 Å². The average Bonchev–Trinajstić information content (AvgIpc) is 3.17. The van der Waals surface area contributed by atoms with E-state index in [0.29, 0.717) is 11.8 Å². The van der Waals surface area contributed by atoms with E-state index in [-0.39, 0.29) is 0 Å². The molecule has 108 valence electrons. The van der Waals surface area contributed by atoms with Crippen molar-refractivity contribution in [3.05, 3.63) is 0 Å². The summed E-state index contributed by atoms with van der Waals surface area (Å²) in [6.07, 6.45) is 4.46. The zero-order valence-corrected chi connectivity index (χ0v) is 12.3. The second-order valence-electron chi connectivity index (χ2n) is 10.7. The summed E-state index contributed by atoms with van der Waals surface area (Å²) in [5.74, 6) is 16.8. The normalized spacial score (nSPS) is 87.5. The molecule has 1 heteroatoms. The Balaban J connectivity index is 1.48. The lowest BCUT2D eigenvalue weighted by Gasteiger charge is -2.31. The van der Waals surface area contributed by atoms with E-state index in [2.05, 4.69) is 0 Å². The van der Waals surface area contributed by atoms with E-state index in [4.69, 9.17) is 0 Å².